The molecule has 1 aromatic heterocycles. The predicted octanol–water partition coefficient (Wildman–Crippen LogP) is 6.47. The van der Waals surface area contributed by atoms with Gasteiger partial charge in [-0.2, -0.15) is 0 Å². The van der Waals surface area contributed by atoms with Gasteiger partial charge < -0.3 is 24.1 Å². The normalized spacial score (nSPS) is 20.6. The van der Waals surface area contributed by atoms with Crippen molar-refractivity contribution in [2.45, 2.75) is 57.4 Å². The Morgan fingerprint density at radius 1 is 1.09 bits per heavy atom. The van der Waals surface area contributed by atoms with Crippen LogP contribution in [0.4, 0.5) is 10.1 Å². The van der Waals surface area contributed by atoms with Crippen LogP contribution in [0.1, 0.15) is 55.2 Å². The number of carbonyl (C=O) groups is 1. The first-order chi connectivity index (χ1) is 20.9. The molecule has 0 aliphatic carbocycles. The number of anilines is 1. The van der Waals surface area contributed by atoms with Crippen molar-refractivity contribution in [2.75, 3.05) is 31.6 Å². The third-order valence-electron chi connectivity index (χ3n) is 8.69. The highest BCUT2D eigenvalue weighted by Crippen LogP contribution is 2.44. The summed E-state index contributed by atoms with van der Waals surface area (Å²) < 4.78 is 35.0. The summed E-state index contributed by atoms with van der Waals surface area (Å²) in [5, 5.41) is 3.22. The Bertz CT molecular complexity index is 1660. The van der Waals surface area contributed by atoms with Crippen LogP contribution in [0.3, 0.4) is 0 Å². The Labute approximate surface area is 254 Å². The van der Waals surface area contributed by atoms with E-state index in [-0.39, 0.29) is 18.6 Å². The lowest BCUT2D eigenvalue weighted by molar-refractivity contribution is -0.114. The zero-order chi connectivity index (χ0) is 29.5. The van der Waals surface area contributed by atoms with Gasteiger partial charge in [0.15, 0.2) is 17.6 Å². The van der Waals surface area contributed by atoms with E-state index in [9.17, 15) is 9.18 Å². The van der Waals surface area contributed by atoms with Gasteiger partial charge >= 0.3 is 0 Å². The molecule has 2 saturated heterocycles. The molecule has 2 fully saturated rings. The van der Waals surface area contributed by atoms with Crippen molar-refractivity contribution in [3.8, 4) is 11.5 Å². The Balaban J connectivity index is 1.05. The predicted molar refractivity (Wildman–Crippen MR) is 162 cm³/mol. The fourth-order valence-electron chi connectivity index (χ4n) is 6.38. The molecule has 43 heavy (non-hydrogen) atoms. The zero-order valence-electron chi connectivity index (χ0n) is 24.0. The molecule has 3 aliphatic rings. The van der Waals surface area contributed by atoms with Crippen molar-refractivity contribution < 1.29 is 23.4 Å². The van der Waals surface area contributed by atoms with Gasteiger partial charge in [0.2, 0.25) is 5.91 Å². The first-order valence-corrected chi connectivity index (χ1v) is 15.3. The molecule has 224 valence electrons. The van der Waals surface area contributed by atoms with Crippen LogP contribution in [0.5, 0.6) is 11.5 Å². The summed E-state index contributed by atoms with van der Waals surface area (Å²) in [5.41, 5.74) is 4.26. The second kappa shape index (κ2) is 11.8. The lowest BCUT2D eigenvalue weighted by atomic mass is 9.88. The van der Waals surface area contributed by atoms with E-state index in [2.05, 4.69) is 20.9 Å². The number of ether oxygens (including phenoxy) is 3. The van der Waals surface area contributed by atoms with E-state index < -0.39 is 11.9 Å². The summed E-state index contributed by atoms with van der Waals surface area (Å²) in [6, 6.07) is 16.5. The minimum absolute atomic E-state index is 0.100. The minimum Gasteiger partial charge on any atom is -0.485 e. The number of rotatable bonds is 7. The standard InChI is InChI=1S/C33H34ClFN4O4/c1-20(40)36-23-6-8-29-28(16-23)37-32(39(29)17-24-11-14-41-24)18-38-12-9-21(10-13-38)25-3-2-4-30-33(25)42-19-31(43-30)26-7-5-22(34)15-27(26)35/h2-8,15-16,21,24,31H,9-14,17-19H2,1H3,(H,36,40)/t24-,31-/m0/s1. The molecule has 0 saturated carbocycles. The fourth-order valence-corrected chi connectivity index (χ4v) is 6.54. The van der Waals surface area contributed by atoms with Gasteiger partial charge in [0.1, 0.15) is 18.2 Å². The number of nitrogens with zero attached hydrogens (tertiary/aromatic N) is 3. The SMILES string of the molecule is CC(=O)Nc1ccc2c(c1)nc(CN1CCC(c3cccc4c3OC[C@@H](c3ccc(Cl)cc3F)O4)CC1)n2C[C@@H]1CCO1. The van der Waals surface area contributed by atoms with Crippen LogP contribution in [0.15, 0.2) is 54.6 Å². The maximum absolute atomic E-state index is 14.6. The van der Waals surface area contributed by atoms with Gasteiger partial charge in [-0.3, -0.25) is 9.69 Å². The molecule has 7 rings (SSSR count). The molecule has 8 nitrogen and oxygen atoms in total. The summed E-state index contributed by atoms with van der Waals surface area (Å²) in [5.74, 6) is 2.27. The fraction of sp³-hybridized carbons (Fsp3) is 0.394. The van der Waals surface area contributed by atoms with Crippen LogP contribution in [0, 0.1) is 5.82 Å². The van der Waals surface area contributed by atoms with Crippen molar-refractivity contribution >= 4 is 34.2 Å². The Kier molecular flexibility index (Phi) is 7.71. The van der Waals surface area contributed by atoms with Gasteiger partial charge in [0.25, 0.3) is 0 Å². The van der Waals surface area contributed by atoms with E-state index in [1.807, 2.05) is 30.3 Å². The highest BCUT2D eigenvalue weighted by molar-refractivity contribution is 6.30. The number of hydrogen-bond acceptors (Lipinski definition) is 6. The zero-order valence-corrected chi connectivity index (χ0v) is 24.8. The van der Waals surface area contributed by atoms with Gasteiger partial charge in [-0.05, 0) is 74.7 Å². The topological polar surface area (TPSA) is 77.9 Å². The summed E-state index contributed by atoms with van der Waals surface area (Å²) >= 11 is 5.94. The number of hydrogen-bond donors (Lipinski definition) is 1. The van der Waals surface area contributed by atoms with Crippen molar-refractivity contribution in [2.24, 2.45) is 0 Å². The number of halogens is 2. The summed E-state index contributed by atoms with van der Waals surface area (Å²) in [4.78, 5) is 19.1. The number of piperidine rings is 1. The summed E-state index contributed by atoms with van der Waals surface area (Å²) in [6.07, 6.45) is 2.69. The maximum Gasteiger partial charge on any atom is 0.221 e. The van der Waals surface area contributed by atoms with E-state index in [1.54, 1.807) is 12.1 Å². The van der Waals surface area contributed by atoms with Gasteiger partial charge in [-0.1, -0.05) is 29.8 Å². The smallest absolute Gasteiger partial charge is 0.221 e. The monoisotopic (exact) mass is 604 g/mol. The number of benzene rings is 3. The molecular weight excluding hydrogens is 571 g/mol. The van der Waals surface area contributed by atoms with E-state index >= 15 is 0 Å². The highest BCUT2D eigenvalue weighted by atomic mass is 35.5. The van der Waals surface area contributed by atoms with Crippen molar-refractivity contribution in [3.05, 3.63) is 82.4 Å². The number of fused-ring (bicyclic) bond motifs is 2. The van der Waals surface area contributed by atoms with Gasteiger partial charge in [0, 0.05) is 35.4 Å². The number of carbonyl (C=O) groups excluding carboxylic acids is 1. The average molecular weight is 605 g/mol. The Hall–Kier alpha value is -3.66. The van der Waals surface area contributed by atoms with Crippen LogP contribution < -0.4 is 14.8 Å². The maximum atomic E-state index is 14.6. The molecule has 4 aromatic rings. The first-order valence-electron chi connectivity index (χ1n) is 14.9. The Morgan fingerprint density at radius 2 is 1.93 bits per heavy atom. The largest absolute Gasteiger partial charge is 0.485 e. The van der Waals surface area contributed by atoms with Gasteiger partial charge in [-0.25, -0.2) is 9.37 Å². The van der Waals surface area contributed by atoms with Crippen LogP contribution in [0.25, 0.3) is 11.0 Å². The molecule has 0 spiro atoms. The molecule has 0 unspecified atom stereocenters. The molecule has 0 bridgehead atoms. The first kappa shape index (κ1) is 28.1. The third-order valence-corrected chi connectivity index (χ3v) is 8.92. The lowest BCUT2D eigenvalue weighted by Gasteiger charge is -2.35. The van der Waals surface area contributed by atoms with Gasteiger partial charge in [-0.15, -0.1) is 0 Å². The van der Waals surface area contributed by atoms with Crippen molar-refractivity contribution in [1.82, 2.24) is 14.5 Å². The Morgan fingerprint density at radius 3 is 2.67 bits per heavy atom. The molecule has 1 amide bonds. The summed E-state index contributed by atoms with van der Waals surface area (Å²) in [7, 11) is 0. The molecule has 3 aromatic carbocycles. The van der Waals surface area contributed by atoms with Crippen molar-refractivity contribution in [1.29, 1.82) is 0 Å². The second-order valence-electron chi connectivity index (χ2n) is 11.6. The molecule has 0 radical (unpaired) electrons. The molecule has 10 heteroatoms. The van der Waals surface area contributed by atoms with Crippen molar-refractivity contribution in [3.63, 3.8) is 0 Å². The van der Waals surface area contributed by atoms with Crippen LogP contribution in [-0.4, -0.2) is 52.8 Å². The van der Waals surface area contributed by atoms with Crippen LogP contribution in [-0.2, 0) is 22.6 Å². The number of aromatic nitrogens is 2. The molecule has 3 aliphatic heterocycles. The van der Waals surface area contributed by atoms with E-state index in [1.165, 1.54) is 13.0 Å². The van der Waals surface area contributed by atoms with E-state index in [4.69, 9.17) is 30.8 Å². The van der Waals surface area contributed by atoms with Gasteiger partial charge in [0.05, 0.1) is 30.2 Å². The number of imidazole rings is 1. The third kappa shape index (κ3) is 5.81. The lowest BCUT2D eigenvalue weighted by Crippen LogP contribution is -2.35. The molecular formula is C33H34ClFN4O4. The van der Waals surface area contributed by atoms with Crippen LogP contribution >= 0.6 is 11.6 Å². The number of amides is 1. The minimum atomic E-state index is -0.527. The number of likely N-dealkylation sites (tertiary alicyclic amines) is 1. The molecule has 1 N–H and O–H groups in total. The number of nitrogens with one attached hydrogen (secondary N) is 1. The number of para-hydroxylation sites is 1. The van der Waals surface area contributed by atoms with E-state index in [0.717, 1.165) is 85.9 Å². The average Bonchev–Trinajstić information content (AvgIpc) is 3.30. The second-order valence-corrected chi connectivity index (χ2v) is 12.0. The summed E-state index contributed by atoms with van der Waals surface area (Å²) in [6.45, 7) is 5.92. The van der Waals surface area contributed by atoms with Crippen LogP contribution in [0.2, 0.25) is 5.02 Å². The molecule has 2 atom stereocenters. The quantitative estimate of drug-likeness (QED) is 0.261. The van der Waals surface area contributed by atoms with E-state index in [0.29, 0.717) is 22.3 Å². The highest BCUT2D eigenvalue weighted by Gasteiger charge is 2.31. The molecule has 4 heterocycles.